The van der Waals surface area contributed by atoms with Crippen LogP contribution in [0.25, 0.3) is 0 Å². The van der Waals surface area contributed by atoms with Crippen LogP contribution < -0.4 is 0 Å². The van der Waals surface area contributed by atoms with Crippen molar-refractivity contribution in [1.82, 2.24) is 14.9 Å². The molecule has 2 aliphatic carbocycles. The van der Waals surface area contributed by atoms with Gasteiger partial charge in [-0.2, -0.15) is 0 Å². The standard InChI is InChI=1S/C16H20ClN3O2/c17-13-11-1-4-16(7-11,14(13)21)15(22)20-5-2-10(3-6-20)12-8-18-9-19-12/h8-11,13H,1-7H2,(H,18,19). The number of likely N-dealkylation sites (tertiary alicyclic amines) is 1. The minimum Gasteiger partial charge on any atom is -0.351 e. The number of nitrogens with one attached hydrogen (secondary N) is 1. The third kappa shape index (κ3) is 1.94. The Morgan fingerprint density at radius 2 is 2.14 bits per heavy atom. The number of amides is 1. The second-order valence-electron chi connectivity index (χ2n) is 6.91. The molecule has 2 bridgehead atoms. The number of carbonyl (C=O) groups excluding carboxylic acids is 2. The highest BCUT2D eigenvalue weighted by atomic mass is 35.5. The van der Waals surface area contributed by atoms with Crippen molar-refractivity contribution in [3.05, 3.63) is 18.2 Å². The predicted octanol–water partition coefficient (Wildman–Crippen LogP) is 2.09. The highest BCUT2D eigenvalue weighted by Gasteiger charge is 2.62. The largest absolute Gasteiger partial charge is 0.351 e. The summed E-state index contributed by atoms with van der Waals surface area (Å²) in [6.45, 7) is 1.42. The van der Waals surface area contributed by atoms with Crippen molar-refractivity contribution >= 4 is 23.3 Å². The van der Waals surface area contributed by atoms with E-state index in [4.69, 9.17) is 11.6 Å². The van der Waals surface area contributed by atoms with Crippen LogP contribution in [0.15, 0.2) is 12.5 Å². The molecule has 3 fully saturated rings. The number of fused-ring (bicyclic) bond motifs is 2. The van der Waals surface area contributed by atoms with E-state index in [2.05, 4.69) is 9.97 Å². The Morgan fingerprint density at radius 3 is 2.73 bits per heavy atom. The SMILES string of the molecule is O=C1C(Cl)C2CCC1(C(=O)N1CCC(c3c[nH]cn3)CC1)C2. The zero-order valence-electron chi connectivity index (χ0n) is 12.4. The maximum atomic E-state index is 13.0. The molecular weight excluding hydrogens is 302 g/mol. The van der Waals surface area contributed by atoms with Gasteiger partial charge in [-0.1, -0.05) is 0 Å². The molecule has 118 valence electrons. The van der Waals surface area contributed by atoms with Gasteiger partial charge in [-0.05, 0) is 38.0 Å². The smallest absolute Gasteiger partial charge is 0.236 e. The van der Waals surface area contributed by atoms with Crippen LogP contribution in [0, 0.1) is 11.3 Å². The molecule has 0 radical (unpaired) electrons. The van der Waals surface area contributed by atoms with E-state index in [1.165, 1.54) is 0 Å². The molecule has 1 aromatic rings. The number of hydrogen-bond donors (Lipinski definition) is 1. The summed E-state index contributed by atoms with van der Waals surface area (Å²) in [6, 6.07) is 0. The highest BCUT2D eigenvalue weighted by Crippen LogP contribution is 2.54. The minimum absolute atomic E-state index is 0.0233. The number of ketones is 1. The van der Waals surface area contributed by atoms with Crippen LogP contribution in [0.5, 0.6) is 0 Å². The lowest BCUT2D eigenvalue weighted by molar-refractivity contribution is -0.148. The maximum absolute atomic E-state index is 13.0. The molecule has 4 rings (SSSR count). The summed E-state index contributed by atoms with van der Waals surface area (Å²) in [5, 5.41) is -0.445. The van der Waals surface area contributed by atoms with E-state index in [9.17, 15) is 9.59 Å². The van der Waals surface area contributed by atoms with Gasteiger partial charge in [0.05, 0.1) is 17.4 Å². The van der Waals surface area contributed by atoms with Gasteiger partial charge in [-0.25, -0.2) is 4.98 Å². The number of aromatic amines is 1. The lowest BCUT2D eigenvalue weighted by Crippen LogP contribution is -2.49. The summed E-state index contributed by atoms with van der Waals surface area (Å²) < 4.78 is 0. The van der Waals surface area contributed by atoms with E-state index in [-0.39, 0.29) is 17.6 Å². The maximum Gasteiger partial charge on any atom is 0.236 e. The molecule has 1 saturated heterocycles. The molecule has 6 heteroatoms. The quantitative estimate of drug-likeness (QED) is 0.670. The lowest BCUT2D eigenvalue weighted by Gasteiger charge is -2.37. The van der Waals surface area contributed by atoms with Crippen LogP contribution in [0.1, 0.15) is 43.7 Å². The fourth-order valence-electron chi connectivity index (χ4n) is 4.51. The first kappa shape index (κ1) is 14.2. The van der Waals surface area contributed by atoms with Gasteiger partial charge < -0.3 is 9.88 Å². The molecule has 3 atom stereocenters. The Kier molecular flexibility index (Phi) is 3.29. The second-order valence-corrected chi connectivity index (χ2v) is 7.38. The first-order chi connectivity index (χ1) is 10.6. The fraction of sp³-hybridized carbons (Fsp3) is 0.688. The average Bonchev–Trinajstić information content (AvgIpc) is 3.26. The Bertz CT molecular complexity index is 595. The Morgan fingerprint density at radius 1 is 1.36 bits per heavy atom. The van der Waals surface area contributed by atoms with Gasteiger partial charge in [-0.15, -0.1) is 11.6 Å². The Hall–Kier alpha value is -1.36. The van der Waals surface area contributed by atoms with Crippen molar-refractivity contribution < 1.29 is 9.59 Å². The van der Waals surface area contributed by atoms with Crippen molar-refractivity contribution in [1.29, 1.82) is 0 Å². The molecule has 1 aromatic heterocycles. The van der Waals surface area contributed by atoms with Crippen LogP contribution in [0.3, 0.4) is 0 Å². The van der Waals surface area contributed by atoms with Crippen molar-refractivity contribution in [2.24, 2.45) is 11.3 Å². The van der Waals surface area contributed by atoms with Gasteiger partial charge in [0.15, 0.2) is 5.78 Å². The van der Waals surface area contributed by atoms with Crippen molar-refractivity contribution in [3.63, 3.8) is 0 Å². The highest BCUT2D eigenvalue weighted by molar-refractivity contribution is 6.35. The zero-order chi connectivity index (χ0) is 15.3. The van der Waals surface area contributed by atoms with Crippen molar-refractivity contribution in [2.45, 2.75) is 43.4 Å². The first-order valence-electron chi connectivity index (χ1n) is 8.08. The van der Waals surface area contributed by atoms with Crippen LogP contribution in [-0.2, 0) is 9.59 Å². The number of hydrogen-bond acceptors (Lipinski definition) is 3. The molecule has 2 heterocycles. The second kappa shape index (κ2) is 5.08. The van der Waals surface area contributed by atoms with Gasteiger partial charge in [0.2, 0.25) is 5.91 Å². The third-order valence-corrected chi connectivity index (χ3v) is 6.37. The monoisotopic (exact) mass is 321 g/mol. The molecule has 1 aliphatic heterocycles. The molecule has 0 aromatic carbocycles. The number of nitrogens with zero attached hydrogens (tertiary/aromatic N) is 2. The van der Waals surface area contributed by atoms with E-state index in [1.54, 1.807) is 6.33 Å². The number of piperidine rings is 1. The van der Waals surface area contributed by atoms with E-state index in [0.717, 1.165) is 25.0 Å². The van der Waals surface area contributed by atoms with Crippen LogP contribution in [0.2, 0.25) is 0 Å². The molecule has 0 spiro atoms. The molecule has 1 N–H and O–H groups in total. The molecular formula is C16H20ClN3O2. The molecule has 1 amide bonds. The number of carbonyl (C=O) groups is 2. The summed E-state index contributed by atoms with van der Waals surface area (Å²) in [7, 11) is 0. The Labute approximate surface area is 134 Å². The van der Waals surface area contributed by atoms with E-state index < -0.39 is 10.8 Å². The molecule has 22 heavy (non-hydrogen) atoms. The average molecular weight is 322 g/mol. The topological polar surface area (TPSA) is 66.1 Å². The van der Waals surface area contributed by atoms with Crippen LogP contribution >= 0.6 is 11.6 Å². The fourth-order valence-corrected chi connectivity index (χ4v) is 4.93. The van der Waals surface area contributed by atoms with Gasteiger partial charge in [0.1, 0.15) is 5.41 Å². The van der Waals surface area contributed by atoms with Gasteiger partial charge in [-0.3, -0.25) is 9.59 Å². The van der Waals surface area contributed by atoms with Crippen molar-refractivity contribution in [3.8, 4) is 0 Å². The van der Waals surface area contributed by atoms with E-state index in [1.807, 2.05) is 11.1 Å². The van der Waals surface area contributed by atoms with Gasteiger partial charge in [0.25, 0.3) is 0 Å². The first-order valence-corrected chi connectivity index (χ1v) is 8.52. The molecule has 3 unspecified atom stereocenters. The van der Waals surface area contributed by atoms with Gasteiger partial charge in [0, 0.05) is 25.2 Å². The number of aromatic nitrogens is 2. The van der Waals surface area contributed by atoms with Crippen LogP contribution in [0.4, 0.5) is 0 Å². The number of Topliss-reactive ketones (excluding diaryl/α,β-unsaturated/α-hetero) is 1. The number of halogens is 1. The lowest BCUT2D eigenvalue weighted by atomic mass is 9.80. The number of imidazole rings is 1. The molecule has 2 saturated carbocycles. The summed E-state index contributed by atoms with van der Waals surface area (Å²) >= 11 is 6.19. The van der Waals surface area contributed by atoms with E-state index >= 15 is 0 Å². The summed E-state index contributed by atoms with van der Waals surface area (Å²) in [6.07, 6.45) is 7.72. The van der Waals surface area contributed by atoms with Gasteiger partial charge >= 0.3 is 0 Å². The predicted molar refractivity (Wildman–Crippen MR) is 81.6 cm³/mol. The summed E-state index contributed by atoms with van der Waals surface area (Å²) in [4.78, 5) is 34.6. The number of alkyl halides is 1. The minimum atomic E-state index is -0.795. The van der Waals surface area contributed by atoms with Crippen LogP contribution in [-0.4, -0.2) is 45.0 Å². The number of rotatable bonds is 2. The third-order valence-electron chi connectivity index (χ3n) is 5.82. The van der Waals surface area contributed by atoms with Crippen molar-refractivity contribution in [2.75, 3.05) is 13.1 Å². The number of H-pyrrole nitrogens is 1. The molecule has 5 nitrogen and oxygen atoms in total. The zero-order valence-corrected chi connectivity index (χ0v) is 13.2. The van der Waals surface area contributed by atoms with E-state index in [0.29, 0.717) is 31.8 Å². The normalized spacial score (nSPS) is 35.3. The summed E-state index contributed by atoms with van der Waals surface area (Å²) in [5.41, 5.74) is 0.278. The molecule has 3 aliphatic rings. The summed E-state index contributed by atoms with van der Waals surface area (Å²) in [5.74, 6) is 0.623. The Balaban J connectivity index is 1.46.